The monoisotopic (exact) mass is 1760 g/mol. The second kappa shape index (κ2) is 45.2. The van der Waals surface area contributed by atoms with Crippen molar-refractivity contribution in [3.8, 4) is 0 Å². The SMILES string of the molecule is CCOC(=O)CC1CCc2cc(N)ccc2C1=O.CCOC(=O)CC1CCc2cc(NC(=O)c3ccc(C(=N)NC(=O)OC(C)(C)C)s3)ccc2C1=O.N=C(N)c1ccc(C(=O)Nc2ccc3c(c2)CCC(CC(=O)O)C3=O)s1.[C-]#[N+]c1ccc(C(=O)Nc2ccc3c(c2)CCC(CC(=O)OCC)C3=O)s1.[C-]#[N+]c1ccc(C(=O)O)s1.[C-]#[N+]c1cccs1. The number of nitrogen functional groups attached to an aromatic ring is 2. The zero-order chi connectivity index (χ0) is 89.8. The van der Waals surface area contributed by atoms with Crippen molar-refractivity contribution in [2.75, 3.05) is 41.5 Å². The molecule has 4 aliphatic rings. The summed E-state index contributed by atoms with van der Waals surface area (Å²) >= 11 is 5.79. The molecule has 13 rings (SSSR count). The molecule has 4 aromatic carbocycles. The van der Waals surface area contributed by atoms with E-state index < -0.39 is 35.5 Å². The van der Waals surface area contributed by atoms with Crippen LogP contribution >= 0.6 is 56.7 Å². The van der Waals surface area contributed by atoms with Crippen molar-refractivity contribution < 1.29 is 91.5 Å². The molecule has 12 N–H and O–H groups in total. The van der Waals surface area contributed by atoms with Crippen molar-refractivity contribution in [1.82, 2.24) is 5.32 Å². The summed E-state index contributed by atoms with van der Waals surface area (Å²) in [6.45, 7) is 31.4. The molecule has 0 spiro atoms. The number of esters is 3. The number of carboxylic acids is 2. The average molecular weight is 1760 g/mol. The highest BCUT2D eigenvalue weighted by Crippen LogP contribution is 2.36. The number of nitrogens with zero attached hydrogens (tertiary/aromatic N) is 3. The lowest BCUT2D eigenvalue weighted by molar-refractivity contribution is -0.144. The standard InChI is InChI=1S/C25H29N3O6S.C20H18N2O4S.C18H17N3O4S.C14H17NO3.C6H3NO2S.C5H3NS/c1-5-33-20(29)13-15-7-6-14-12-16(8-9-17(14)21(15)30)27-23(31)19-11-10-18(35-19)22(26)28-24(32)34-25(2,3)4;1-3-26-18(23)11-13-5-4-12-10-14(6-7-15(12)19(13)24)22-20(25)16-8-9-17(21-2)27-16;19-17(20)13-5-6-14(26-13)18(25)21-11-3-4-12-9(7-11)1-2-10(16(12)24)8-15(22)23;1-2-18-13(16)8-10-4-3-9-7-11(15)5-6-12(9)14(10)17;1-7-5-3-2-4(10-5)6(8)9;1-6-5-3-2-4-7-5/h8-12,15H,5-7,13H2,1-4H3,(H,27,31)(H2,26,28,32);6-10,13H,3-5,11H2,1H3,(H,22,25);3-7,10H,1-2,8H2,(H3,19,20)(H,21,25)(H,22,23);5-7,10H,2-4,8,15H2,1H3;2-3H,(H,8,9);2-4H. The first-order valence-corrected chi connectivity index (χ1v) is 42.5. The number of fused-ring (bicyclic) bond motifs is 4. The van der Waals surface area contributed by atoms with E-state index in [0.717, 1.165) is 79.0 Å². The van der Waals surface area contributed by atoms with Gasteiger partial charge in [-0.05, 0) is 242 Å². The second-order valence-corrected chi connectivity index (χ2v) is 33.7. The molecule has 4 unspecified atom stereocenters. The van der Waals surface area contributed by atoms with E-state index in [2.05, 4.69) is 35.8 Å². The maximum absolute atomic E-state index is 12.8. The summed E-state index contributed by atoms with van der Waals surface area (Å²) in [6, 6.07) is 36.8. The molecule has 0 saturated heterocycles. The fourth-order valence-corrected chi connectivity index (χ4v) is 16.4. The van der Waals surface area contributed by atoms with Crippen molar-refractivity contribution in [2.45, 2.75) is 124 Å². The number of Topliss-reactive ketones (excluding diaryl/α,β-unsaturated/α-hetero) is 4. The number of amidine groups is 2. The summed E-state index contributed by atoms with van der Waals surface area (Å²) in [5, 5.41) is 47.0. The third-order valence-electron chi connectivity index (χ3n) is 18.6. The molecular formula is C88H87N11O19S5. The number of aryl methyl sites for hydroxylation is 4. The van der Waals surface area contributed by atoms with E-state index in [0.29, 0.717) is 138 Å². The van der Waals surface area contributed by atoms with Crippen LogP contribution in [0.1, 0.15) is 205 Å². The topological polar surface area (TPSA) is 460 Å². The third kappa shape index (κ3) is 28.0. The molecule has 123 heavy (non-hydrogen) atoms. The largest absolute Gasteiger partial charge is 0.481 e. The van der Waals surface area contributed by atoms with Crippen LogP contribution in [0.3, 0.4) is 0 Å². The Bertz CT molecular complexity index is 5630. The summed E-state index contributed by atoms with van der Waals surface area (Å²) in [6.07, 6.45) is 4.42. The lowest BCUT2D eigenvalue weighted by atomic mass is 9.81. The van der Waals surface area contributed by atoms with Gasteiger partial charge in [0, 0.05) is 68.7 Å². The number of rotatable bonds is 20. The van der Waals surface area contributed by atoms with Gasteiger partial charge in [-0.1, -0.05) is 12.1 Å². The molecule has 0 aliphatic heterocycles. The number of carboxylic acid groups (broad SMARTS) is 2. The van der Waals surface area contributed by atoms with Gasteiger partial charge in [0.15, 0.2) is 23.1 Å². The summed E-state index contributed by atoms with van der Waals surface area (Å²) in [5.74, 6) is -5.92. The van der Waals surface area contributed by atoms with Crippen LogP contribution in [0.2, 0.25) is 0 Å². The molecule has 4 amide bonds. The Morgan fingerprint density at radius 3 is 1.15 bits per heavy atom. The molecule has 4 atom stereocenters. The van der Waals surface area contributed by atoms with E-state index in [4.69, 9.17) is 71.2 Å². The van der Waals surface area contributed by atoms with E-state index in [1.165, 1.54) is 23.5 Å². The fraction of sp³-hybridized carbons (Fsp3) is 0.295. The van der Waals surface area contributed by atoms with Gasteiger partial charge in [0.25, 0.3) is 17.7 Å². The minimum absolute atomic E-state index is 0.0318. The zero-order valence-corrected chi connectivity index (χ0v) is 71.6. The number of hydrogen-bond donors (Lipinski definition) is 10. The van der Waals surface area contributed by atoms with Gasteiger partial charge in [0.1, 0.15) is 17.3 Å². The Hall–Kier alpha value is -13.5. The molecule has 0 saturated carbocycles. The smallest absolute Gasteiger partial charge is 0.413 e. The quantitative estimate of drug-likeness (QED) is 0.00846. The Labute approximate surface area is 727 Å². The van der Waals surface area contributed by atoms with Gasteiger partial charge in [-0.25, -0.2) is 24.1 Å². The zero-order valence-electron chi connectivity index (χ0n) is 67.6. The van der Waals surface area contributed by atoms with E-state index in [1.54, 1.807) is 151 Å². The van der Waals surface area contributed by atoms with E-state index in [-0.39, 0.29) is 119 Å². The highest BCUT2D eigenvalue weighted by molar-refractivity contribution is 7.18. The first-order chi connectivity index (χ1) is 58.6. The summed E-state index contributed by atoms with van der Waals surface area (Å²) in [7, 11) is 0. The van der Waals surface area contributed by atoms with Crippen molar-refractivity contribution >= 4 is 183 Å². The lowest BCUT2D eigenvalue weighted by Crippen LogP contribution is -2.36. The number of anilines is 4. The number of benzene rings is 4. The van der Waals surface area contributed by atoms with E-state index in [1.807, 2.05) is 17.5 Å². The van der Waals surface area contributed by atoms with Crippen LogP contribution in [0.15, 0.2) is 139 Å². The Morgan fingerprint density at radius 1 is 0.463 bits per heavy atom. The van der Waals surface area contributed by atoms with E-state index >= 15 is 0 Å². The number of nitrogens with one attached hydrogen (secondary N) is 6. The number of aromatic carboxylic acids is 1. The van der Waals surface area contributed by atoms with Gasteiger partial charge in [-0.2, -0.15) is 11.3 Å². The molecular weight excluding hydrogens is 1680 g/mol. The number of thiophene rings is 5. The third-order valence-corrected chi connectivity index (χ3v) is 23.6. The first-order valence-electron chi connectivity index (χ1n) is 38.4. The van der Waals surface area contributed by atoms with Crippen LogP contribution in [0.4, 0.5) is 42.5 Å². The highest BCUT2D eigenvalue weighted by atomic mass is 32.1. The van der Waals surface area contributed by atoms with Gasteiger partial charge >= 0.3 is 35.9 Å². The first kappa shape index (κ1) is 95.0. The Kier molecular flexibility index (Phi) is 34.9. The molecule has 5 aromatic heterocycles. The summed E-state index contributed by atoms with van der Waals surface area (Å²) in [4.78, 5) is 167. The predicted octanol–water partition coefficient (Wildman–Crippen LogP) is 17.6. The minimum atomic E-state index is -0.975. The van der Waals surface area contributed by atoms with Gasteiger partial charge in [-0.15, -0.1) is 45.3 Å². The van der Waals surface area contributed by atoms with Crippen LogP contribution in [-0.2, 0) is 63.8 Å². The van der Waals surface area contributed by atoms with Gasteiger partial charge < -0.3 is 56.6 Å². The average Bonchev–Trinajstić information content (AvgIpc) is 1.72. The van der Waals surface area contributed by atoms with Gasteiger partial charge in [0.2, 0.25) is 15.0 Å². The molecule has 0 radical (unpaired) electrons. The maximum atomic E-state index is 12.8. The summed E-state index contributed by atoms with van der Waals surface area (Å²) in [5.41, 5.74) is 18.7. The van der Waals surface area contributed by atoms with Crippen molar-refractivity contribution in [3.63, 3.8) is 0 Å². The number of ketones is 4. The maximum Gasteiger partial charge on any atom is 0.413 e. The van der Waals surface area contributed by atoms with Crippen LogP contribution < -0.4 is 32.7 Å². The number of carbonyl (C=O) groups excluding carboxylic acids is 11. The minimum Gasteiger partial charge on any atom is -0.481 e. The summed E-state index contributed by atoms with van der Waals surface area (Å²) < 4.78 is 19.9. The second-order valence-electron chi connectivity index (χ2n) is 28.5. The van der Waals surface area contributed by atoms with Crippen LogP contribution in [0.5, 0.6) is 0 Å². The molecule has 35 heteroatoms. The van der Waals surface area contributed by atoms with Gasteiger partial charge in [0.05, 0.1) is 94.5 Å². The number of amides is 4. The number of hydrogen-bond acceptors (Lipinski definition) is 25. The molecule has 30 nitrogen and oxygen atoms in total. The van der Waals surface area contributed by atoms with Crippen LogP contribution in [-0.4, -0.2) is 124 Å². The molecule has 9 aromatic rings. The van der Waals surface area contributed by atoms with Crippen molar-refractivity contribution in [1.29, 1.82) is 10.8 Å². The van der Waals surface area contributed by atoms with Crippen LogP contribution in [0, 0.1) is 54.2 Å². The van der Waals surface area contributed by atoms with Crippen molar-refractivity contribution in [3.05, 3.63) is 247 Å². The Balaban J connectivity index is 0.000000194. The molecule has 0 bridgehead atoms. The molecule has 0 fully saturated rings. The number of carbonyl (C=O) groups is 13. The number of ether oxygens (including phenoxy) is 4. The van der Waals surface area contributed by atoms with Gasteiger partial charge in [-0.3, -0.25) is 68.9 Å². The molecule has 4 aliphatic carbocycles. The van der Waals surface area contributed by atoms with Crippen LogP contribution in [0.25, 0.3) is 14.5 Å². The number of alkyl carbamates (subject to hydrolysis) is 1. The Morgan fingerprint density at radius 2 is 0.813 bits per heavy atom. The predicted molar refractivity (Wildman–Crippen MR) is 469 cm³/mol. The number of nitrogens with two attached hydrogens (primary N) is 2. The number of aliphatic carboxylic acids is 1. The van der Waals surface area contributed by atoms with Crippen molar-refractivity contribution in [2.24, 2.45) is 29.4 Å². The normalized spacial score (nSPS) is 14.9. The fourth-order valence-electron chi connectivity index (χ4n) is 13.0. The molecule has 638 valence electrons. The highest BCUT2D eigenvalue weighted by Gasteiger charge is 2.34. The molecule has 5 heterocycles. The lowest BCUT2D eigenvalue weighted by Gasteiger charge is -2.23. The van der Waals surface area contributed by atoms with E-state index in [9.17, 15) is 62.3 Å².